The van der Waals surface area contributed by atoms with Crippen LogP contribution < -0.4 is 0 Å². The number of hydrogen-bond donors (Lipinski definition) is 0. The standard InChI is InChI=1S/C14H22N2O4S/c1-3-21(18,19)16-8-6-12(7-9-16)14(17)15(2)11-13-5-4-10-20-13/h4-5,10,12H,3,6-9,11H2,1-2H3. The Morgan fingerprint density at radius 1 is 1.43 bits per heavy atom. The van der Waals surface area contributed by atoms with Crippen molar-refractivity contribution in [2.75, 3.05) is 25.9 Å². The summed E-state index contributed by atoms with van der Waals surface area (Å²) in [5.74, 6) is 0.814. The predicted octanol–water partition coefficient (Wildman–Crippen LogP) is 1.30. The minimum Gasteiger partial charge on any atom is -0.467 e. The topological polar surface area (TPSA) is 70.8 Å². The van der Waals surface area contributed by atoms with Crippen LogP contribution in [0.25, 0.3) is 0 Å². The highest BCUT2D eigenvalue weighted by atomic mass is 32.2. The smallest absolute Gasteiger partial charge is 0.225 e. The van der Waals surface area contributed by atoms with E-state index in [0.29, 0.717) is 32.5 Å². The van der Waals surface area contributed by atoms with Crippen molar-refractivity contribution in [2.45, 2.75) is 26.3 Å². The third-order valence-corrected chi connectivity index (χ3v) is 5.79. The van der Waals surface area contributed by atoms with Crippen molar-refractivity contribution in [3.63, 3.8) is 0 Å². The molecule has 1 aliphatic rings. The van der Waals surface area contributed by atoms with Crippen LogP contribution in [0.3, 0.4) is 0 Å². The largest absolute Gasteiger partial charge is 0.467 e. The van der Waals surface area contributed by atoms with E-state index in [-0.39, 0.29) is 17.6 Å². The van der Waals surface area contributed by atoms with E-state index in [2.05, 4.69) is 0 Å². The SMILES string of the molecule is CCS(=O)(=O)N1CCC(C(=O)N(C)Cc2ccco2)CC1. The average molecular weight is 314 g/mol. The summed E-state index contributed by atoms with van der Waals surface area (Å²) < 4.78 is 30.3. The summed E-state index contributed by atoms with van der Waals surface area (Å²) in [6.07, 6.45) is 2.75. The molecule has 0 N–H and O–H groups in total. The molecule has 1 aliphatic heterocycles. The molecule has 0 spiro atoms. The van der Waals surface area contributed by atoms with Crippen molar-refractivity contribution in [2.24, 2.45) is 5.92 Å². The number of piperidine rings is 1. The number of sulfonamides is 1. The fraction of sp³-hybridized carbons (Fsp3) is 0.643. The van der Waals surface area contributed by atoms with Gasteiger partial charge < -0.3 is 9.32 Å². The number of furan rings is 1. The highest BCUT2D eigenvalue weighted by Gasteiger charge is 2.31. The number of carbonyl (C=O) groups is 1. The van der Waals surface area contributed by atoms with Gasteiger partial charge in [0.1, 0.15) is 5.76 Å². The number of amides is 1. The summed E-state index contributed by atoms with van der Waals surface area (Å²) in [6.45, 7) is 2.95. The first-order chi connectivity index (χ1) is 9.94. The monoisotopic (exact) mass is 314 g/mol. The molecule has 118 valence electrons. The lowest BCUT2D eigenvalue weighted by Crippen LogP contribution is -2.43. The minimum absolute atomic E-state index is 0.0555. The fourth-order valence-corrected chi connectivity index (χ4v) is 3.72. The van der Waals surface area contributed by atoms with Crippen molar-refractivity contribution in [3.05, 3.63) is 24.2 Å². The molecule has 0 unspecified atom stereocenters. The molecule has 1 fully saturated rings. The maximum Gasteiger partial charge on any atom is 0.225 e. The van der Waals surface area contributed by atoms with E-state index in [1.54, 1.807) is 31.2 Å². The van der Waals surface area contributed by atoms with Gasteiger partial charge in [0.05, 0.1) is 18.6 Å². The van der Waals surface area contributed by atoms with Crippen molar-refractivity contribution in [1.29, 1.82) is 0 Å². The second kappa shape index (κ2) is 6.62. The maximum atomic E-state index is 12.4. The molecule has 6 nitrogen and oxygen atoms in total. The molecule has 1 amide bonds. The quantitative estimate of drug-likeness (QED) is 0.821. The number of hydrogen-bond acceptors (Lipinski definition) is 4. The summed E-state index contributed by atoms with van der Waals surface area (Å²) in [6, 6.07) is 3.63. The van der Waals surface area contributed by atoms with Crippen molar-refractivity contribution >= 4 is 15.9 Å². The first-order valence-electron chi connectivity index (χ1n) is 7.19. The summed E-state index contributed by atoms with van der Waals surface area (Å²) in [5, 5.41) is 0. The fourth-order valence-electron chi connectivity index (χ4n) is 2.59. The van der Waals surface area contributed by atoms with Gasteiger partial charge in [0.25, 0.3) is 0 Å². The lowest BCUT2D eigenvalue weighted by molar-refractivity contribution is -0.136. The molecule has 0 aliphatic carbocycles. The van der Waals surface area contributed by atoms with Gasteiger partial charge in [0.2, 0.25) is 15.9 Å². The Labute approximate surface area is 125 Å². The van der Waals surface area contributed by atoms with Gasteiger partial charge in [-0.1, -0.05) is 0 Å². The Bertz CT molecular complexity index is 560. The second-order valence-electron chi connectivity index (χ2n) is 5.35. The zero-order valence-electron chi connectivity index (χ0n) is 12.5. The maximum absolute atomic E-state index is 12.4. The molecule has 21 heavy (non-hydrogen) atoms. The number of rotatable bonds is 5. The predicted molar refractivity (Wildman–Crippen MR) is 78.9 cm³/mol. The lowest BCUT2D eigenvalue weighted by atomic mass is 9.96. The molecule has 2 heterocycles. The Kier molecular flexibility index (Phi) is 5.05. The van der Waals surface area contributed by atoms with E-state index in [1.807, 2.05) is 6.07 Å². The van der Waals surface area contributed by atoms with Gasteiger partial charge in [0.15, 0.2) is 0 Å². The van der Waals surface area contributed by atoms with E-state index in [9.17, 15) is 13.2 Å². The molecule has 0 radical (unpaired) electrons. The normalized spacial score (nSPS) is 17.8. The zero-order chi connectivity index (χ0) is 15.5. The molecule has 7 heteroatoms. The summed E-state index contributed by atoms with van der Waals surface area (Å²) in [4.78, 5) is 14.0. The lowest BCUT2D eigenvalue weighted by Gasteiger charge is -2.32. The Balaban J connectivity index is 1.88. The van der Waals surface area contributed by atoms with E-state index in [0.717, 1.165) is 5.76 Å². The molecule has 1 saturated heterocycles. The highest BCUT2D eigenvalue weighted by Crippen LogP contribution is 2.22. The molecule has 2 rings (SSSR count). The van der Waals surface area contributed by atoms with Gasteiger partial charge in [-0.2, -0.15) is 0 Å². The van der Waals surface area contributed by atoms with E-state index in [4.69, 9.17) is 4.42 Å². The molecular weight excluding hydrogens is 292 g/mol. The molecule has 0 saturated carbocycles. The molecule has 1 aromatic rings. The van der Waals surface area contributed by atoms with E-state index in [1.165, 1.54) is 4.31 Å². The van der Waals surface area contributed by atoms with Gasteiger partial charge in [0, 0.05) is 26.1 Å². The summed E-state index contributed by atoms with van der Waals surface area (Å²) in [7, 11) is -1.39. The number of carbonyl (C=O) groups excluding carboxylic acids is 1. The van der Waals surface area contributed by atoms with Gasteiger partial charge in [-0.25, -0.2) is 12.7 Å². The number of nitrogens with zero attached hydrogens (tertiary/aromatic N) is 2. The molecular formula is C14H22N2O4S. The van der Waals surface area contributed by atoms with Crippen LogP contribution in [0.15, 0.2) is 22.8 Å². The molecule has 1 aromatic heterocycles. The van der Waals surface area contributed by atoms with Crippen molar-refractivity contribution in [1.82, 2.24) is 9.21 Å². The van der Waals surface area contributed by atoms with Gasteiger partial charge >= 0.3 is 0 Å². The Morgan fingerprint density at radius 2 is 2.10 bits per heavy atom. The first kappa shape index (κ1) is 16.0. The van der Waals surface area contributed by atoms with E-state index >= 15 is 0 Å². The van der Waals surface area contributed by atoms with Crippen LogP contribution in [0.1, 0.15) is 25.5 Å². The summed E-state index contributed by atoms with van der Waals surface area (Å²) in [5.41, 5.74) is 0. The minimum atomic E-state index is -3.14. The van der Waals surface area contributed by atoms with Crippen LogP contribution in [0.4, 0.5) is 0 Å². The van der Waals surface area contributed by atoms with Gasteiger partial charge in [-0.15, -0.1) is 0 Å². The third kappa shape index (κ3) is 3.85. The Hall–Kier alpha value is -1.34. The first-order valence-corrected chi connectivity index (χ1v) is 8.80. The molecule has 0 aromatic carbocycles. The second-order valence-corrected chi connectivity index (χ2v) is 7.61. The van der Waals surface area contributed by atoms with Crippen LogP contribution in [-0.4, -0.2) is 49.4 Å². The van der Waals surface area contributed by atoms with E-state index < -0.39 is 10.0 Å². The molecule has 0 bridgehead atoms. The van der Waals surface area contributed by atoms with Crippen LogP contribution in [0.5, 0.6) is 0 Å². The van der Waals surface area contributed by atoms with Crippen LogP contribution in [0.2, 0.25) is 0 Å². The van der Waals surface area contributed by atoms with Crippen LogP contribution in [-0.2, 0) is 21.4 Å². The van der Waals surface area contributed by atoms with Crippen molar-refractivity contribution in [3.8, 4) is 0 Å². The van der Waals surface area contributed by atoms with Crippen molar-refractivity contribution < 1.29 is 17.6 Å². The summed E-state index contributed by atoms with van der Waals surface area (Å²) >= 11 is 0. The van der Waals surface area contributed by atoms with Gasteiger partial charge in [-0.3, -0.25) is 4.79 Å². The van der Waals surface area contributed by atoms with Crippen LogP contribution >= 0.6 is 0 Å². The highest BCUT2D eigenvalue weighted by molar-refractivity contribution is 7.89. The Morgan fingerprint density at radius 3 is 2.62 bits per heavy atom. The van der Waals surface area contributed by atoms with Gasteiger partial charge in [-0.05, 0) is 31.9 Å². The average Bonchev–Trinajstić information content (AvgIpc) is 2.99. The molecule has 0 atom stereocenters. The van der Waals surface area contributed by atoms with Crippen LogP contribution in [0, 0.1) is 5.92 Å². The zero-order valence-corrected chi connectivity index (χ0v) is 13.3. The third-order valence-electron chi connectivity index (χ3n) is 3.91.